The van der Waals surface area contributed by atoms with E-state index in [1.165, 1.54) is 25.8 Å². The number of hydrogen-bond acceptors (Lipinski definition) is 1. The number of piperidine rings is 1. The number of hydrogen-bond donors (Lipinski definition) is 2. The van der Waals surface area contributed by atoms with Crippen molar-refractivity contribution in [3.63, 3.8) is 0 Å². The Morgan fingerprint density at radius 3 is 3.09 bits per heavy atom. The van der Waals surface area contributed by atoms with Crippen molar-refractivity contribution in [2.75, 3.05) is 19.6 Å². The maximum Gasteiger partial charge on any atom is 0.244 e. The molecule has 22 heavy (non-hydrogen) atoms. The van der Waals surface area contributed by atoms with E-state index >= 15 is 0 Å². The van der Waals surface area contributed by atoms with Crippen molar-refractivity contribution < 1.29 is 9.69 Å². The smallest absolute Gasteiger partial charge is 0.244 e. The lowest BCUT2D eigenvalue weighted by molar-refractivity contribution is -0.928. The summed E-state index contributed by atoms with van der Waals surface area (Å²) in [5.74, 6) is -0.0123. The van der Waals surface area contributed by atoms with Gasteiger partial charge in [-0.3, -0.25) is 4.79 Å². The van der Waals surface area contributed by atoms with E-state index < -0.39 is 0 Å². The minimum atomic E-state index is -0.0123. The normalized spacial score (nSPS) is 21.9. The molecule has 1 unspecified atom stereocenters. The van der Waals surface area contributed by atoms with E-state index in [-0.39, 0.29) is 5.91 Å². The largest absolute Gasteiger partial charge is 0.352 e. The van der Waals surface area contributed by atoms with Crippen LogP contribution in [0.15, 0.2) is 34.8 Å². The van der Waals surface area contributed by atoms with Gasteiger partial charge < -0.3 is 10.2 Å². The van der Waals surface area contributed by atoms with Crippen molar-refractivity contribution >= 4 is 27.9 Å². The van der Waals surface area contributed by atoms with Crippen LogP contribution in [0.3, 0.4) is 0 Å². The fourth-order valence-electron chi connectivity index (χ4n) is 2.99. The molecular weight excluding hydrogens is 340 g/mol. The number of benzene rings is 1. The van der Waals surface area contributed by atoms with E-state index in [0.29, 0.717) is 0 Å². The molecule has 1 saturated heterocycles. The molecule has 1 fully saturated rings. The number of rotatable bonds is 6. The quantitative estimate of drug-likeness (QED) is 0.589. The molecule has 0 aliphatic carbocycles. The third-order valence-electron chi connectivity index (χ3n) is 4.33. The average molecular weight is 366 g/mol. The Labute approximate surface area is 141 Å². The lowest BCUT2D eigenvalue weighted by Crippen LogP contribution is -3.16. The van der Waals surface area contributed by atoms with Crippen LogP contribution in [-0.4, -0.2) is 31.6 Å². The van der Waals surface area contributed by atoms with Gasteiger partial charge in [0, 0.05) is 23.5 Å². The first-order valence-electron chi connectivity index (χ1n) is 8.21. The van der Waals surface area contributed by atoms with Crippen LogP contribution in [0.1, 0.15) is 38.2 Å². The fourth-order valence-corrected chi connectivity index (χ4v) is 3.41. The van der Waals surface area contributed by atoms with E-state index in [1.807, 2.05) is 30.3 Å². The molecule has 2 rings (SSSR count). The predicted molar refractivity (Wildman–Crippen MR) is 94.8 cm³/mol. The highest BCUT2D eigenvalue weighted by molar-refractivity contribution is 9.10. The van der Waals surface area contributed by atoms with Gasteiger partial charge in [0.05, 0.1) is 19.1 Å². The van der Waals surface area contributed by atoms with E-state index in [9.17, 15) is 4.79 Å². The summed E-state index contributed by atoms with van der Waals surface area (Å²) >= 11 is 3.43. The molecule has 2 N–H and O–H groups in total. The van der Waals surface area contributed by atoms with Crippen LogP contribution in [0.5, 0.6) is 0 Å². The van der Waals surface area contributed by atoms with Gasteiger partial charge in [-0.15, -0.1) is 0 Å². The van der Waals surface area contributed by atoms with E-state index in [0.717, 1.165) is 35.6 Å². The highest BCUT2D eigenvalue weighted by Gasteiger charge is 2.20. The zero-order valence-corrected chi connectivity index (χ0v) is 14.9. The Hall–Kier alpha value is -1.13. The molecule has 0 radical (unpaired) electrons. The van der Waals surface area contributed by atoms with Crippen molar-refractivity contribution in [3.05, 3.63) is 40.4 Å². The van der Waals surface area contributed by atoms with E-state index in [2.05, 4.69) is 28.2 Å². The molecule has 0 bridgehead atoms. The Morgan fingerprint density at radius 2 is 2.32 bits per heavy atom. The topological polar surface area (TPSA) is 33.5 Å². The van der Waals surface area contributed by atoms with Gasteiger partial charge in [-0.25, -0.2) is 0 Å². The maximum atomic E-state index is 11.8. The first kappa shape index (κ1) is 17.2. The molecule has 1 aromatic carbocycles. The number of carbonyl (C=O) groups excluding carboxylic acids is 1. The SMILES string of the molecule is C[C@H]1CCCC[NH+]1CCCNC(=O)/C=C/c1cccc(Br)c1. The number of likely N-dealkylation sites (tertiary alicyclic amines) is 1. The van der Waals surface area contributed by atoms with Gasteiger partial charge in [0.1, 0.15) is 0 Å². The molecule has 1 amide bonds. The summed E-state index contributed by atoms with van der Waals surface area (Å²) < 4.78 is 1.02. The van der Waals surface area contributed by atoms with Gasteiger partial charge in [0.25, 0.3) is 0 Å². The number of carbonyl (C=O) groups is 1. The zero-order valence-electron chi connectivity index (χ0n) is 13.3. The van der Waals surface area contributed by atoms with Gasteiger partial charge in [-0.1, -0.05) is 28.1 Å². The summed E-state index contributed by atoms with van der Waals surface area (Å²) in [5, 5.41) is 2.97. The Balaban J connectivity index is 1.65. The Morgan fingerprint density at radius 1 is 1.45 bits per heavy atom. The van der Waals surface area contributed by atoms with Gasteiger partial charge in [0.2, 0.25) is 5.91 Å². The zero-order chi connectivity index (χ0) is 15.8. The van der Waals surface area contributed by atoms with Crippen LogP contribution in [0.2, 0.25) is 0 Å². The number of amides is 1. The van der Waals surface area contributed by atoms with Crippen molar-refractivity contribution in [2.24, 2.45) is 0 Å². The molecule has 2 atom stereocenters. The standard InChI is InChI=1S/C18H25BrN2O/c1-15-6-2-3-12-21(15)13-5-11-20-18(22)10-9-16-7-4-8-17(19)14-16/h4,7-10,14-15H,2-3,5-6,11-13H2,1H3,(H,20,22)/p+1/b10-9+/t15-/m0/s1. The lowest BCUT2D eigenvalue weighted by Gasteiger charge is -2.30. The molecule has 1 aliphatic rings. The molecule has 3 nitrogen and oxygen atoms in total. The van der Waals surface area contributed by atoms with Crippen molar-refractivity contribution in [1.82, 2.24) is 5.32 Å². The second kappa shape index (κ2) is 9.11. The molecule has 0 spiro atoms. The fraction of sp³-hybridized carbons (Fsp3) is 0.500. The third kappa shape index (κ3) is 5.93. The van der Waals surface area contributed by atoms with Crippen LogP contribution in [-0.2, 0) is 4.79 Å². The summed E-state index contributed by atoms with van der Waals surface area (Å²) in [5.41, 5.74) is 1.02. The first-order chi connectivity index (χ1) is 10.6. The number of nitrogens with one attached hydrogen (secondary N) is 2. The van der Waals surface area contributed by atoms with Crippen LogP contribution < -0.4 is 10.2 Å². The van der Waals surface area contributed by atoms with Crippen LogP contribution in [0, 0.1) is 0 Å². The van der Waals surface area contributed by atoms with Crippen molar-refractivity contribution in [3.8, 4) is 0 Å². The Bertz CT molecular complexity index is 516. The predicted octanol–water partition coefficient (Wildman–Crippen LogP) is 2.43. The molecule has 0 aromatic heterocycles. The van der Waals surface area contributed by atoms with E-state index in [1.54, 1.807) is 11.0 Å². The number of quaternary nitrogens is 1. The summed E-state index contributed by atoms with van der Waals surface area (Å²) in [7, 11) is 0. The molecule has 1 aliphatic heterocycles. The van der Waals surface area contributed by atoms with Crippen LogP contribution in [0.4, 0.5) is 0 Å². The van der Waals surface area contributed by atoms with Crippen LogP contribution in [0.25, 0.3) is 6.08 Å². The highest BCUT2D eigenvalue weighted by atomic mass is 79.9. The second-order valence-electron chi connectivity index (χ2n) is 6.09. The summed E-state index contributed by atoms with van der Waals surface area (Å²) in [6, 6.07) is 8.69. The van der Waals surface area contributed by atoms with Gasteiger partial charge in [0.15, 0.2) is 0 Å². The monoisotopic (exact) mass is 365 g/mol. The van der Waals surface area contributed by atoms with Crippen LogP contribution >= 0.6 is 15.9 Å². The minimum Gasteiger partial charge on any atom is -0.352 e. The lowest BCUT2D eigenvalue weighted by atomic mass is 10.0. The summed E-state index contributed by atoms with van der Waals surface area (Å²) in [4.78, 5) is 13.5. The van der Waals surface area contributed by atoms with Gasteiger partial charge in [-0.05, 0) is 50.0 Å². The maximum absolute atomic E-state index is 11.8. The second-order valence-corrected chi connectivity index (χ2v) is 7.00. The van der Waals surface area contributed by atoms with Gasteiger partial charge in [-0.2, -0.15) is 0 Å². The molecule has 0 saturated carbocycles. The summed E-state index contributed by atoms with van der Waals surface area (Å²) in [6.07, 6.45) is 8.58. The highest BCUT2D eigenvalue weighted by Crippen LogP contribution is 2.12. The van der Waals surface area contributed by atoms with Crippen molar-refractivity contribution in [2.45, 2.75) is 38.6 Å². The van der Waals surface area contributed by atoms with Crippen molar-refractivity contribution in [1.29, 1.82) is 0 Å². The molecule has 1 heterocycles. The molecule has 120 valence electrons. The van der Waals surface area contributed by atoms with E-state index in [4.69, 9.17) is 0 Å². The average Bonchev–Trinajstić information content (AvgIpc) is 2.51. The Kier molecular flexibility index (Phi) is 7.13. The molecule has 4 heteroatoms. The minimum absolute atomic E-state index is 0.0123. The van der Waals surface area contributed by atoms with Gasteiger partial charge >= 0.3 is 0 Å². The third-order valence-corrected chi connectivity index (χ3v) is 4.82. The summed E-state index contributed by atoms with van der Waals surface area (Å²) in [6.45, 7) is 5.56. The first-order valence-corrected chi connectivity index (χ1v) is 9.00. The molecular formula is C18H26BrN2O+. The molecule has 1 aromatic rings. The number of halogens is 1.